The van der Waals surface area contributed by atoms with Gasteiger partial charge in [-0.1, -0.05) is 41.9 Å². The van der Waals surface area contributed by atoms with Gasteiger partial charge in [-0.25, -0.2) is 18.4 Å². The Hall–Kier alpha value is -3.84. The lowest BCUT2D eigenvalue weighted by atomic mass is 10.0. The Morgan fingerprint density at radius 1 is 1.16 bits per heavy atom. The van der Waals surface area contributed by atoms with Gasteiger partial charge in [-0.2, -0.15) is 0 Å². The number of halogens is 1. The Balaban J connectivity index is 1.54. The average Bonchev–Trinajstić information content (AvgIpc) is 2.88. The van der Waals surface area contributed by atoms with E-state index in [0.29, 0.717) is 12.0 Å². The molecule has 1 aromatic heterocycles. The molecule has 0 aliphatic carbocycles. The Kier molecular flexibility index (Phi) is 8.07. The molecule has 0 fully saturated rings. The smallest absolute Gasteiger partial charge is 0.256 e. The SMILES string of the molecule is CS(=O)(=O)c1ncc2c(n1)NC(O)C(C(=O)Nc1cc(C(=O)NC(CCO)c3ccccc3)ccc1Cl)=C2. The number of carbonyl (C=O) groups is 2. The molecule has 1 aliphatic heterocycles. The number of aliphatic hydroxyl groups excluding tert-OH is 2. The second-order valence-corrected chi connectivity index (χ2v) is 10.8. The van der Waals surface area contributed by atoms with Crippen molar-refractivity contribution in [2.24, 2.45) is 0 Å². The summed E-state index contributed by atoms with van der Waals surface area (Å²) in [6.07, 6.45) is 2.30. The number of anilines is 2. The second kappa shape index (κ2) is 11.3. The number of aromatic nitrogens is 2. The summed E-state index contributed by atoms with van der Waals surface area (Å²) in [5, 5.41) is 27.7. The zero-order valence-corrected chi connectivity index (χ0v) is 21.6. The van der Waals surface area contributed by atoms with Crippen LogP contribution in [0.4, 0.5) is 11.5 Å². The van der Waals surface area contributed by atoms with Crippen molar-refractivity contribution >= 4 is 50.8 Å². The number of hydrogen-bond acceptors (Lipinski definition) is 9. The van der Waals surface area contributed by atoms with Crippen LogP contribution in [0.5, 0.6) is 0 Å². The monoisotopic (exact) mass is 557 g/mol. The third-order valence-corrected chi connectivity index (χ3v) is 6.86. The second-order valence-electron chi connectivity index (χ2n) is 8.47. The van der Waals surface area contributed by atoms with Crippen molar-refractivity contribution in [1.82, 2.24) is 15.3 Å². The van der Waals surface area contributed by atoms with Gasteiger partial charge >= 0.3 is 0 Å². The number of nitrogens with one attached hydrogen (secondary N) is 3. The number of aliphatic hydroxyl groups is 2. The van der Waals surface area contributed by atoms with Crippen LogP contribution in [0.3, 0.4) is 0 Å². The van der Waals surface area contributed by atoms with Gasteiger partial charge in [-0.15, -0.1) is 0 Å². The zero-order chi connectivity index (χ0) is 27.4. The van der Waals surface area contributed by atoms with Crippen LogP contribution in [-0.4, -0.2) is 59.5 Å². The van der Waals surface area contributed by atoms with E-state index in [9.17, 15) is 28.2 Å². The maximum absolute atomic E-state index is 13.0. The van der Waals surface area contributed by atoms with Crippen LogP contribution < -0.4 is 16.0 Å². The first-order valence-corrected chi connectivity index (χ1v) is 13.6. The molecule has 0 saturated heterocycles. The minimum Gasteiger partial charge on any atom is -0.396 e. The first kappa shape index (κ1) is 27.2. The lowest BCUT2D eigenvalue weighted by Gasteiger charge is -2.23. The molecule has 4 rings (SSSR count). The highest BCUT2D eigenvalue weighted by Crippen LogP contribution is 2.28. The maximum Gasteiger partial charge on any atom is 0.256 e. The Bertz CT molecular complexity index is 1510. The van der Waals surface area contributed by atoms with Gasteiger partial charge in [0.25, 0.3) is 11.8 Å². The lowest BCUT2D eigenvalue weighted by Crippen LogP contribution is -2.33. The van der Waals surface area contributed by atoms with E-state index in [-0.39, 0.29) is 34.3 Å². The summed E-state index contributed by atoms with van der Waals surface area (Å²) in [5.74, 6) is -1.10. The number of carbonyl (C=O) groups excluding carboxylic acids is 2. The topological polar surface area (TPSA) is 171 Å². The fraction of sp³-hybridized carbons (Fsp3) is 0.200. The molecule has 1 aliphatic rings. The molecule has 198 valence electrons. The molecule has 11 nitrogen and oxygen atoms in total. The number of fused-ring (bicyclic) bond motifs is 1. The van der Waals surface area contributed by atoms with E-state index >= 15 is 0 Å². The maximum atomic E-state index is 13.0. The highest BCUT2D eigenvalue weighted by molar-refractivity contribution is 7.90. The van der Waals surface area contributed by atoms with Crippen LogP contribution in [0.15, 0.2) is 65.5 Å². The third kappa shape index (κ3) is 6.17. The van der Waals surface area contributed by atoms with E-state index < -0.39 is 39.1 Å². The molecule has 2 atom stereocenters. The molecule has 0 saturated carbocycles. The minimum atomic E-state index is -3.67. The summed E-state index contributed by atoms with van der Waals surface area (Å²) < 4.78 is 23.4. The first-order chi connectivity index (χ1) is 18.1. The number of amides is 2. The first-order valence-electron chi connectivity index (χ1n) is 11.4. The van der Waals surface area contributed by atoms with Crippen LogP contribution in [0.1, 0.15) is 33.9 Å². The molecule has 2 aromatic carbocycles. The van der Waals surface area contributed by atoms with Crippen LogP contribution in [0.25, 0.3) is 6.08 Å². The molecule has 3 aromatic rings. The van der Waals surface area contributed by atoms with Crippen molar-refractivity contribution in [1.29, 1.82) is 0 Å². The zero-order valence-electron chi connectivity index (χ0n) is 20.1. The van der Waals surface area contributed by atoms with E-state index in [0.717, 1.165) is 11.8 Å². The Morgan fingerprint density at radius 3 is 2.58 bits per heavy atom. The fourth-order valence-electron chi connectivity index (χ4n) is 3.75. The van der Waals surface area contributed by atoms with Crippen molar-refractivity contribution in [3.05, 3.63) is 82.0 Å². The number of hydrogen-bond donors (Lipinski definition) is 5. The summed E-state index contributed by atoms with van der Waals surface area (Å²) >= 11 is 6.26. The van der Waals surface area contributed by atoms with E-state index in [1.807, 2.05) is 30.3 Å². The third-order valence-electron chi connectivity index (χ3n) is 5.67. The van der Waals surface area contributed by atoms with Gasteiger partial charge in [0.2, 0.25) is 15.0 Å². The van der Waals surface area contributed by atoms with Gasteiger partial charge in [0.1, 0.15) is 5.82 Å². The number of rotatable bonds is 8. The summed E-state index contributed by atoms with van der Waals surface area (Å²) in [6.45, 7) is -0.128. The standard InChI is InChI=1S/C25H24ClN5O6S/c1-38(36,37)25-27-13-16-11-17(24(35)30-21(16)31-25)23(34)29-20-12-15(7-8-18(20)26)22(33)28-19(9-10-32)14-5-3-2-4-6-14/h2-8,11-13,19,24,32,35H,9-10H2,1H3,(H,28,33)(H,29,34)(H,27,30,31). The van der Waals surface area contributed by atoms with Crippen molar-refractivity contribution in [3.63, 3.8) is 0 Å². The normalized spacial score (nSPS) is 15.5. The van der Waals surface area contributed by atoms with Crippen molar-refractivity contribution in [2.45, 2.75) is 23.8 Å². The Morgan fingerprint density at radius 2 is 1.89 bits per heavy atom. The number of benzene rings is 2. The summed E-state index contributed by atoms with van der Waals surface area (Å²) in [4.78, 5) is 33.6. The molecular formula is C25H24ClN5O6S. The fourth-order valence-corrected chi connectivity index (χ4v) is 4.42. The minimum absolute atomic E-state index is 0.0528. The van der Waals surface area contributed by atoms with Gasteiger partial charge in [0, 0.05) is 30.2 Å². The van der Waals surface area contributed by atoms with Crippen LogP contribution in [0, 0.1) is 0 Å². The van der Waals surface area contributed by atoms with Gasteiger partial charge < -0.3 is 26.2 Å². The average molecular weight is 558 g/mol. The van der Waals surface area contributed by atoms with Crippen molar-refractivity contribution < 1.29 is 28.2 Å². The molecule has 5 N–H and O–H groups in total. The highest BCUT2D eigenvalue weighted by Gasteiger charge is 2.27. The molecule has 2 amide bonds. The molecule has 0 radical (unpaired) electrons. The van der Waals surface area contributed by atoms with E-state index in [2.05, 4.69) is 25.9 Å². The Labute approximate surface area is 223 Å². The van der Waals surface area contributed by atoms with E-state index in [4.69, 9.17) is 11.6 Å². The molecule has 2 unspecified atom stereocenters. The highest BCUT2D eigenvalue weighted by atomic mass is 35.5. The summed E-state index contributed by atoms with van der Waals surface area (Å²) in [5.41, 5.74) is 1.36. The van der Waals surface area contributed by atoms with E-state index in [1.54, 1.807) is 0 Å². The molecule has 0 spiro atoms. The molecule has 38 heavy (non-hydrogen) atoms. The number of sulfone groups is 1. The van der Waals surface area contributed by atoms with Crippen LogP contribution >= 0.6 is 11.6 Å². The van der Waals surface area contributed by atoms with Gasteiger partial charge in [0.15, 0.2) is 6.23 Å². The molecule has 2 heterocycles. The van der Waals surface area contributed by atoms with Crippen molar-refractivity contribution in [2.75, 3.05) is 23.5 Å². The van der Waals surface area contributed by atoms with Gasteiger partial charge in [0.05, 0.1) is 22.3 Å². The van der Waals surface area contributed by atoms with Crippen LogP contribution in [0.2, 0.25) is 5.02 Å². The number of nitrogens with zero attached hydrogens (tertiary/aromatic N) is 2. The lowest BCUT2D eigenvalue weighted by molar-refractivity contribution is -0.113. The summed E-state index contributed by atoms with van der Waals surface area (Å²) in [7, 11) is -3.67. The molecule has 13 heteroatoms. The summed E-state index contributed by atoms with van der Waals surface area (Å²) in [6, 6.07) is 13.1. The largest absolute Gasteiger partial charge is 0.396 e. The van der Waals surface area contributed by atoms with Crippen LogP contribution in [-0.2, 0) is 14.6 Å². The molecule has 0 bridgehead atoms. The van der Waals surface area contributed by atoms with E-state index in [1.165, 1.54) is 30.5 Å². The van der Waals surface area contributed by atoms with Gasteiger partial charge in [-0.05, 0) is 36.3 Å². The predicted octanol–water partition coefficient (Wildman–Crippen LogP) is 2.15. The van der Waals surface area contributed by atoms with Crippen molar-refractivity contribution in [3.8, 4) is 0 Å². The van der Waals surface area contributed by atoms with Gasteiger partial charge in [-0.3, -0.25) is 9.59 Å². The molecular weight excluding hydrogens is 534 g/mol. The predicted molar refractivity (Wildman–Crippen MR) is 141 cm³/mol. The quantitative estimate of drug-likeness (QED) is 0.260.